The minimum absolute atomic E-state index is 0.650. The van der Waals surface area contributed by atoms with Crippen LogP contribution >= 0.6 is 11.8 Å². The molecule has 6 heteroatoms. The molecule has 0 bridgehead atoms. The van der Waals surface area contributed by atoms with E-state index in [9.17, 15) is 0 Å². The first-order valence-electron chi connectivity index (χ1n) is 9.06. The molecule has 1 atom stereocenters. The maximum Gasteiger partial charge on any atom is 0.145 e. The third-order valence-corrected chi connectivity index (χ3v) is 5.79. The summed E-state index contributed by atoms with van der Waals surface area (Å²) in [6, 6.07) is 8.93. The molecule has 0 saturated carbocycles. The van der Waals surface area contributed by atoms with Crippen molar-refractivity contribution in [1.29, 1.82) is 0 Å². The second kappa shape index (κ2) is 8.83. The van der Waals surface area contributed by atoms with Gasteiger partial charge in [0.2, 0.25) is 0 Å². The van der Waals surface area contributed by atoms with Crippen LogP contribution in [-0.2, 0) is 6.54 Å². The molecule has 1 aromatic heterocycles. The van der Waals surface area contributed by atoms with Crippen molar-refractivity contribution in [1.82, 2.24) is 19.8 Å². The molecule has 25 heavy (non-hydrogen) atoms. The van der Waals surface area contributed by atoms with Gasteiger partial charge in [-0.25, -0.2) is 9.97 Å². The molecule has 1 unspecified atom stereocenters. The first kappa shape index (κ1) is 18.4. The van der Waals surface area contributed by atoms with Gasteiger partial charge in [0.15, 0.2) is 0 Å². The lowest BCUT2D eigenvalue weighted by Gasteiger charge is -2.23. The van der Waals surface area contributed by atoms with Gasteiger partial charge < -0.3 is 10.2 Å². The van der Waals surface area contributed by atoms with E-state index >= 15 is 0 Å². The molecule has 0 aliphatic carbocycles. The number of hydrogen-bond donors (Lipinski definition) is 1. The minimum atomic E-state index is 0.650. The Balaban J connectivity index is 1.74. The van der Waals surface area contributed by atoms with Gasteiger partial charge in [-0.15, -0.1) is 0 Å². The molecule has 5 nitrogen and oxygen atoms in total. The fourth-order valence-corrected chi connectivity index (χ4v) is 4.45. The molecular weight excluding hydrogens is 330 g/mol. The number of hydrogen-bond acceptors (Lipinski definition) is 6. The van der Waals surface area contributed by atoms with E-state index < -0.39 is 0 Å². The molecule has 2 heterocycles. The number of thioether (sulfide) groups is 1. The second-order valence-electron chi connectivity index (χ2n) is 7.02. The van der Waals surface area contributed by atoms with Crippen LogP contribution in [0.5, 0.6) is 0 Å². The van der Waals surface area contributed by atoms with E-state index in [1.54, 1.807) is 0 Å². The van der Waals surface area contributed by atoms with Crippen molar-refractivity contribution >= 4 is 28.5 Å². The summed E-state index contributed by atoms with van der Waals surface area (Å²) in [5.74, 6) is 4.37. The van der Waals surface area contributed by atoms with Crippen LogP contribution in [0.2, 0.25) is 0 Å². The van der Waals surface area contributed by atoms with E-state index in [4.69, 9.17) is 9.97 Å². The molecule has 1 saturated heterocycles. The van der Waals surface area contributed by atoms with Crippen LogP contribution in [0.1, 0.15) is 18.7 Å². The summed E-state index contributed by atoms with van der Waals surface area (Å²) in [6.45, 7) is 2.81. The number of fused-ring (bicyclic) bond motifs is 1. The number of para-hydroxylation sites is 1. The summed E-state index contributed by atoms with van der Waals surface area (Å²) in [7, 11) is 6.41. The van der Waals surface area contributed by atoms with Crippen LogP contribution in [0.4, 0.5) is 5.82 Å². The Morgan fingerprint density at radius 3 is 2.80 bits per heavy atom. The number of nitrogens with zero attached hydrogens (tertiary/aromatic N) is 4. The maximum atomic E-state index is 4.84. The Kier molecular flexibility index (Phi) is 6.51. The Hall–Kier alpha value is -1.37. The predicted octanol–water partition coefficient (Wildman–Crippen LogP) is 2.93. The van der Waals surface area contributed by atoms with Crippen LogP contribution in [0, 0.1) is 0 Å². The normalized spacial score (nSPS) is 17.7. The molecule has 136 valence electrons. The summed E-state index contributed by atoms with van der Waals surface area (Å²) in [6.07, 6.45) is 2.37. The van der Waals surface area contributed by atoms with Crippen molar-refractivity contribution in [3.63, 3.8) is 0 Å². The number of rotatable bonds is 8. The lowest BCUT2D eigenvalue weighted by Crippen LogP contribution is -2.31. The molecule has 0 spiro atoms. The predicted molar refractivity (Wildman–Crippen MR) is 108 cm³/mol. The van der Waals surface area contributed by atoms with Gasteiger partial charge in [-0.1, -0.05) is 12.1 Å². The van der Waals surface area contributed by atoms with Crippen molar-refractivity contribution < 1.29 is 0 Å². The topological polar surface area (TPSA) is 44.3 Å². The van der Waals surface area contributed by atoms with Crippen LogP contribution in [-0.4, -0.2) is 71.5 Å². The molecule has 3 rings (SSSR count). The van der Waals surface area contributed by atoms with Crippen molar-refractivity contribution in [2.75, 3.05) is 51.1 Å². The highest BCUT2D eigenvalue weighted by atomic mass is 32.2. The van der Waals surface area contributed by atoms with Crippen LogP contribution in [0.15, 0.2) is 24.3 Å². The minimum Gasteiger partial charge on any atom is -0.369 e. The summed E-state index contributed by atoms with van der Waals surface area (Å²) in [5, 5.41) is 4.63. The molecule has 1 fully saturated rings. The van der Waals surface area contributed by atoms with Crippen molar-refractivity contribution in [3.05, 3.63) is 30.1 Å². The monoisotopic (exact) mass is 359 g/mol. The van der Waals surface area contributed by atoms with Gasteiger partial charge >= 0.3 is 0 Å². The van der Waals surface area contributed by atoms with E-state index in [2.05, 4.69) is 54.5 Å². The Bertz CT molecular complexity index is 685. The van der Waals surface area contributed by atoms with Crippen LogP contribution in [0.25, 0.3) is 10.9 Å². The van der Waals surface area contributed by atoms with Crippen molar-refractivity contribution in [2.45, 2.75) is 25.4 Å². The zero-order valence-corrected chi connectivity index (χ0v) is 16.4. The van der Waals surface area contributed by atoms with Crippen molar-refractivity contribution in [2.24, 2.45) is 0 Å². The van der Waals surface area contributed by atoms with E-state index in [0.29, 0.717) is 6.04 Å². The Labute approximate surface area is 155 Å². The number of aromatic nitrogens is 2. The molecule has 1 N–H and O–H groups in total. The van der Waals surface area contributed by atoms with Gasteiger partial charge in [0.05, 0.1) is 12.1 Å². The third-order valence-electron chi connectivity index (χ3n) is 4.64. The summed E-state index contributed by atoms with van der Waals surface area (Å²) < 4.78 is 0. The first-order valence-corrected chi connectivity index (χ1v) is 10.2. The smallest absolute Gasteiger partial charge is 0.145 e. The maximum absolute atomic E-state index is 4.84. The highest BCUT2D eigenvalue weighted by Gasteiger charge is 2.21. The van der Waals surface area contributed by atoms with Gasteiger partial charge in [-0.2, -0.15) is 11.8 Å². The molecule has 2 aromatic rings. The summed E-state index contributed by atoms with van der Waals surface area (Å²) in [5.41, 5.74) is 1.02. The van der Waals surface area contributed by atoms with E-state index in [1.165, 1.54) is 17.9 Å². The standard InChI is InChI=1S/C19H29N5S/c1-23(2)11-6-10-20-19-16-7-4-5-8-17(16)21-18(22-19)13-24(3)15-9-12-25-14-15/h4-5,7-8,15H,6,9-14H2,1-3H3,(H,20,21,22). The van der Waals surface area contributed by atoms with Crippen LogP contribution in [0.3, 0.4) is 0 Å². The largest absolute Gasteiger partial charge is 0.369 e. The zero-order chi connectivity index (χ0) is 17.6. The number of benzene rings is 1. The lowest BCUT2D eigenvalue weighted by atomic mass is 10.2. The third kappa shape index (κ3) is 5.06. The molecule has 1 aliphatic heterocycles. The number of nitrogens with one attached hydrogen (secondary N) is 1. The molecule has 1 aromatic carbocycles. The van der Waals surface area contributed by atoms with Gasteiger partial charge in [-0.3, -0.25) is 4.90 Å². The SMILES string of the molecule is CN(C)CCCNc1nc(CN(C)C2CCSC2)nc2ccccc12. The van der Waals surface area contributed by atoms with Crippen molar-refractivity contribution in [3.8, 4) is 0 Å². The van der Waals surface area contributed by atoms with Gasteiger partial charge in [0.25, 0.3) is 0 Å². The first-order chi connectivity index (χ1) is 12.1. The average molecular weight is 360 g/mol. The van der Waals surface area contributed by atoms with E-state index in [-0.39, 0.29) is 0 Å². The molecule has 1 aliphatic rings. The highest BCUT2D eigenvalue weighted by molar-refractivity contribution is 7.99. The molecule has 0 radical (unpaired) electrons. The number of anilines is 1. The van der Waals surface area contributed by atoms with Gasteiger partial charge in [0, 0.05) is 23.7 Å². The van der Waals surface area contributed by atoms with Gasteiger partial charge in [-0.05, 0) is 58.4 Å². The zero-order valence-electron chi connectivity index (χ0n) is 15.5. The van der Waals surface area contributed by atoms with Gasteiger partial charge in [0.1, 0.15) is 11.6 Å². The molecular formula is C19H29N5S. The van der Waals surface area contributed by atoms with E-state index in [1.807, 2.05) is 17.8 Å². The Morgan fingerprint density at radius 1 is 1.20 bits per heavy atom. The fourth-order valence-electron chi connectivity index (χ4n) is 3.15. The highest BCUT2D eigenvalue weighted by Crippen LogP contribution is 2.24. The van der Waals surface area contributed by atoms with E-state index in [0.717, 1.165) is 48.6 Å². The summed E-state index contributed by atoms with van der Waals surface area (Å²) in [4.78, 5) is 14.3. The lowest BCUT2D eigenvalue weighted by molar-refractivity contribution is 0.248. The Morgan fingerprint density at radius 2 is 2.04 bits per heavy atom. The summed E-state index contributed by atoms with van der Waals surface area (Å²) >= 11 is 2.04. The quantitative estimate of drug-likeness (QED) is 0.731. The molecule has 0 amide bonds. The fraction of sp³-hybridized carbons (Fsp3) is 0.579. The average Bonchev–Trinajstić information content (AvgIpc) is 3.13. The second-order valence-corrected chi connectivity index (χ2v) is 8.17. The van der Waals surface area contributed by atoms with Crippen LogP contribution < -0.4 is 5.32 Å².